The van der Waals surface area contributed by atoms with Crippen molar-refractivity contribution in [1.29, 1.82) is 0 Å². The molecule has 1 aromatic heterocycles. The first-order valence-electron chi connectivity index (χ1n) is 8.77. The summed E-state index contributed by atoms with van der Waals surface area (Å²) in [5.74, 6) is 0.460. The van der Waals surface area contributed by atoms with Crippen LogP contribution in [0.3, 0.4) is 0 Å². The van der Waals surface area contributed by atoms with Crippen molar-refractivity contribution in [2.24, 2.45) is 5.92 Å². The fourth-order valence-electron chi connectivity index (χ4n) is 3.65. The molecule has 3 rings (SSSR count). The van der Waals surface area contributed by atoms with Crippen molar-refractivity contribution in [2.75, 3.05) is 19.6 Å². The zero-order valence-electron chi connectivity index (χ0n) is 14.2. The van der Waals surface area contributed by atoms with Crippen LogP contribution in [0.1, 0.15) is 43.3 Å². The SMILES string of the molecule is Cc1nc(CN2CCC(C(=O)NC3CCNC(C)C3)CC2)cs1. The number of carbonyl (C=O) groups excluding carboxylic acids is 1. The van der Waals surface area contributed by atoms with E-state index in [9.17, 15) is 4.79 Å². The molecule has 2 unspecified atom stereocenters. The zero-order chi connectivity index (χ0) is 16.2. The summed E-state index contributed by atoms with van der Waals surface area (Å²) in [6.45, 7) is 8.17. The van der Waals surface area contributed by atoms with Gasteiger partial charge in [0.1, 0.15) is 0 Å². The molecule has 128 valence electrons. The van der Waals surface area contributed by atoms with E-state index in [1.165, 1.54) is 5.69 Å². The number of piperidine rings is 2. The highest BCUT2D eigenvalue weighted by Crippen LogP contribution is 2.21. The average molecular weight is 337 g/mol. The third-order valence-electron chi connectivity index (χ3n) is 4.98. The van der Waals surface area contributed by atoms with Gasteiger partial charge in [0.15, 0.2) is 0 Å². The van der Waals surface area contributed by atoms with E-state index >= 15 is 0 Å². The van der Waals surface area contributed by atoms with Gasteiger partial charge in [-0.1, -0.05) is 0 Å². The highest BCUT2D eigenvalue weighted by molar-refractivity contribution is 7.09. The molecule has 2 aliphatic rings. The summed E-state index contributed by atoms with van der Waals surface area (Å²) in [4.78, 5) is 19.4. The first-order chi connectivity index (χ1) is 11.1. The fourth-order valence-corrected chi connectivity index (χ4v) is 4.25. The molecule has 1 aromatic rings. The van der Waals surface area contributed by atoms with E-state index in [-0.39, 0.29) is 11.8 Å². The van der Waals surface area contributed by atoms with E-state index in [2.05, 4.69) is 32.8 Å². The largest absolute Gasteiger partial charge is 0.353 e. The van der Waals surface area contributed by atoms with Crippen LogP contribution < -0.4 is 10.6 Å². The predicted molar refractivity (Wildman–Crippen MR) is 93.5 cm³/mol. The Bertz CT molecular complexity index is 524. The maximum atomic E-state index is 12.5. The Morgan fingerprint density at radius 3 is 2.87 bits per heavy atom. The molecule has 2 fully saturated rings. The molecule has 0 saturated carbocycles. The summed E-state index contributed by atoms with van der Waals surface area (Å²) < 4.78 is 0. The lowest BCUT2D eigenvalue weighted by molar-refractivity contribution is -0.127. The van der Waals surface area contributed by atoms with Crippen LogP contribution in [0.5, 0.6) is 0 Å². The molecule has 0 aromatic carbocycles. The highest BCUT2D eigenvalue weighted by Gasteiger charge is 2.28. The number of hydrogen-bond acceptors (Lipinski definition) is 5. The number of nitrogens with zero attached hydrogens (tertiary/aromatic N) is 2. The van der Waals surface area contributed by atoms with Crippen LogP contribution in [0, 0.1) is 12.8 Å². The highest BCUT2D eigenvalue weighted by atomic mass is 32.1. The van der Waals surface area contributed by atoms with Crippen LogP contribution in [-0.4, -0.2) is 47.5 Å². The van der Waals surface area contributed by atoms with Crippen LogP contribution in [0.15, 0.2) is 5.38 Å². The molecule has 2 saturated heterocycles. The fraction of sp³-hybridized carbons (Fsp3) is 0.765. The van der Waals surface area contributed by atoms with Gasteiger partial charge in [0.05, 0.1) is 10.7 Å². The summed E-state index contributed by atoms with van der Waals surface area (Å²) in [6, 6.07) is 0.868. The summed E-state index contributed by atoms with van der Waals surface area (Å²) in [7, 11) is 0. The molecule has 23 heavy (non-hydrogen) atoms. The molecule has 2 atom stereocenters. The number of carbonyl (C=O) groups is 1. The van der Waals surface area contributed by atoms with Gasteiger partial charge in [-0.15, -0.1) is 11.3 Å². The maximum Gasteiger partial charge on any atom is 0.223 e. The number of nitrogens with one attached hydrogen (secondary N) is 2. The van der Waals surface area contributed by atoms with Crippen molar-refractivity contribution in [3.05, 3.63) is 16.1 Å². The van der Waals surface area contributed by atoms with Gasteiger partial charge in [-0.2, -0.15) is 0 Å². The van der Waals surface area contributed by atoms with Gasteiger partial charge < -0.3 is 10.6 Å². The second-order valence-corrected chi connectivity index (χ2v) is 8.06. The molecule has 0 bridgehead atoms. The van der Waals surface area contributed by atoms with Crippen LogP contribution in [0.4, 0.5) is 0 Å². The second kappa shape index (κ2) is 7.73. The van der Waals surface area contributed by atoms with Gasteiger partial charge in [-0.25, -0.2) is 4.98 Å². The molecular formula is C17H28N4OS. The van der Waals surface area contributed by atoms with Gasteiger partial charge in [-0.05, 0) is 59.2 Å². The molecule has 3 heterocycles. The van der Waals surface area contributed by atoms with Crippen molar-refractivity contribution in [3.63, 3.8) is 0 Å². The Hall–Kier alpha value is -0.980. The second-order valence-electron chi connectivity index (χ2n) is 6.99. The normalized spacial score (nSPS) is 27.0. The summed E-state index contributed by atoms with van der Waals surface area (Å²) in [6.07, 6.45) is 4.04. The van der Waals surface area contributed by atoms with Crippen molar-refractivity contribution >= 4 is 17.2 Å². The number of hydrogen-bond donors (Lipinski definition) is 2. The van der Waals surface area contributed by atoms with Gasteiger partial charge in [-0.3, -0.25) is 9.69 Å². The number of thiazole rings is 1. The van der Waals surface area contributed by atoms with Gasteiger partial charge >= 0.3 is 0 Å². The quantitative estimate of drug-likeness (QED) is 0.882. The summed E-state index contributed by atoms with van der Waals surface area (Å²) in [5.41, 5.74) is 1.17. The molecule has 6 heteroatoms. The third kappa shape index (κ3) is 4.75. The average Bonchev–Trinajstić information content (AvgIpc) is 2.93. The molecule has 5 nitrogen and oxygen atoms in total. The number of likely N-dealkylation sites (tertiary alicyclic amines) is 1. The topological polar surface area (TPSA) is 57.3 Å². The van der Waals surface area contributed by atoms with Crippen molar-refractivity contribution in [1.82, 2.24) is 20.5 Å². The first-order valence-corrected chi connectivity index (χ1v) is 9.65. The standard InChI is InChI=1S/C17H28N4OS/c1-12-9-15(3-6-18-12)20-17(22)14-4-7-21(8-5-14)10-16-11-23-13(2)19-16/h11-12,14-15,18H,3-10H2,1-2H3,(H,20,22). The van der Waals surface area contributed by atoms with Gasteiger partial charge in [0.25, 0.3) is 0 Å². The van der Waals surface area contributed by atoms with Crippen molar-refractivity contribution in [3.8, 4) is 0 Å². The molecule has 2 N–H and O–H groups in total. The molecular weight excluding hydrogens is 308 g/mol. The van der Waals surface area contributed by atoms with E-state index in [4.69, 9.17) is 0 Å². The Balaban J connectivity index is 1.42. The lowest BCUT2D eigenvalue weighted by Gasteiger charge is -2.33. The molecule has 0 radical (unpaired) electrons. The van der Waals surface area contributed by atoms with Crippen LogP contribution in [-0.2, 0) is 11.3 Å². The number of amides is 1. The smallest absolute Gasteiger partial charge is 0.223 e. The van der Waals surface area contributed by atoms with E-state index < -0.39 is 0 Å². The van der Waals surface area contributed by atoms with Crippen molar-refractivity contribution < 1.29 is 4.79 Å². The molecule has 0 aliphatic carbocycles. The van der Waals surface area contributed by atoms with Crippen LogP contribution >= 0.6 is 11.3 Å². The van der Waals surface area contributed by atoms with Gasteiger partial charge in [0, 0.05) is 29.9 Å². The van der Waals surface area contributed by atoms with Crippen LogP contribution in [0.25, 0.3) is 0 Å². The summed E-state index contributed by atoms with van der Waals surface area (Å²) >= 11 is 1.71. The maximum absolute atomic E-state index is 12.5. The van der Waals surface area contributed by atoms with E-state index in [1.54, 1.807) is 11.3 Å². The molecule has 1 amide bonds. The Labute approximate surface area is 142 Å². The predicted octanol–water partition coefficient (Wildman–Crippen LogP) is 1.92. The van der Waals surface area contributed by atoms with Crippen LogP contribution in [0.2, 0.25) is 0 Å². The van der Waals surface area contributed by atoms with E-state index in [0.29, 0.717) is 12.1 Å². The van der Waals surface area contributed by atoms with E-state index in [0.717, 1.165) is 56.9 Å². The van der Waals surface area contributed by atoms with Gasteiger partial charge in [0.2, 0.25) is 5.91 Å². The lowest BCUT2D eigenvalue weighted by atomic mass is 9.94. The zero-order valence-corrected chi connectivity index (χ0v) is 15.0. The summed E-state index contributed by atoms with van der Waals surface area (Å²) in [5, 5.41) is 9.99. The number of aromatic nitrogens is 1. The number of aryl methyl sites for hydroxylation is 1. The molecule has 2 aliphatic heterocycles. The van der Waals surface area contributed by atoms with Crippen molar-refractivity contribution in [2.45, 2.75) is 58.2 Å². The van der Waals surface area contributed by atoms with E-state index in [1.807, 2.05) is 6.92 Å². The minimum absolute atomic E-state index is 0.189. The number of rotatable bonds is 4. The Kier molecular flexibility index (Phi) is 5.67. The Morgan fingerprint density at radius 1 is 1.43 bits per heavy atom. The monoisotopic (exact) mass is 336 g/mol. The Morgan fingerprint density at radius 2 is 2.22 bits per heavy atom. The third-order valence-corrected chi connectivity index (χ3v) is 5.80. The lowest BCUT2D eigenvalue weighted by Crippen LogP contribution is -2.49. The first kappa shape index (κ1) is 16.9. The minimum Gasteiger partial charge on any atom is -0.353 e. The minimum atomic E-state index is 0.189. The molecule has 0 spiro atoms.